The van der Waals surface area contributed by atoms with E-state index in [2.05, 4.69) is 24.1 Å². The molecule has 1 saturated heterocycles. The maximum atomic E-state index is 13.4. The Morgan fingerprint density at radius 1 is 1.00 bits per heavy atom. The number of halogens is 2. The van der Waals surface area contributed by atoms with Crippen LogP contribution in [0.3, 0.4) is 0 Å². The van der Waals surface area contributed by atoms with Gasteiger partial charge in [0, 0.05) is 28.2 Å². The molecule has 0 amide bonds. The molecule has 3 aromatic rings. The number of carbonyl (C=O) groups is 1. The average Bonchev–Trinajstić information content (AvgIpc) is 3.19. The molecule has 6 nitrogen and oxygen atoms in total. The predicted molar refractivity (Wildman–Crippen MR) is 151 cm³/mol. The Kier molecular flexibility index (Phi) is 8.58. The van der Waals surface area contributed by atoms with Gasteiger partial charge in [0.05, 0.1) is 25.4 Å². The van der Waals surface area contributed by atoms with Crippen molar-refractivity contribution in [1.82, 2.24) is 10.2 Å². The van der Waals surface area contributed by atoms with Gasteiger partial charge in [-0.15, -0.1) is 0 Å². The molecule has 0 radical (unpaired) electrons. The van der Waals surface area contributed by atoms with E-state index in [0.29, 0.717) is 33.7 Å². The molecule has 1 aliphatic heterocycles. The van der Waals surface area contributed by atoms with Crippen LogP contribution in [0.1, 0.15) is 56.6 Å². The summed E-state index contributed by atoms with van der Waals surface area (Å²) in [6.07, 6.45) is -0.571. The van der Waals surface area contributed by atoms with Crippen LogP contribution in [0.4, 0.5) is 0 Å². The highest BCUT2D eigenvalue weighted by molar-refractivity contribution is 6.30. The van der Waals surface area contributed by atoms with E-state index in [1.807, 2.05) is 44.2 Å². The van der Waals surface area contributed by atoms with E-state index in [0.717, 1.165) is 11.1 Å². The van der Waals surface area contributed by atoms with Gasteiger partial charge in [-0.25, -0.2) is 4.79 Å². The van der Waals surface area contributed by atoms with Crippen molar-refractivity contribution in [2.75, 3.05) is 13.7 Å². The SMILES string of the molecule is COc1ccc(C2NC(C(=O)O)(c3ccc(Cl)cc3)C(c3ccc(Cl)cc3)N2CC(C)C)c(OC(C)C)c1. The summed E-state index contributed by atoms with van der Waals surface area (Å²) in [5, 5.41) is 15.7. The van der Waals surface area contributed by atoms with Crippen molar-refractivity contribution in [3.63, 3.8) is 0 Å². The fourth-order valence-electron chi connectivity index (χ4n) is 5.23. The third-order valence-corrected chi connectivity index (χ3v) is 7.22. The molecular formula is C30H34Cl2N2O4. The van der Waals surface area contributed by atoms with Crippen molar-refractivity contribution in [1.29, 1.82) is 0 Å². The third-order valence-electron chi connectivity index (χ3n) is 6.71. The van der Waals surface area contributed by atoms with Gasteiger partial charge in [-0.05, 0) is 67.3 Å². The second-order valence-electron chi connectivity index (χ2n) is 10.3. The van der Waals surface area contributed by atoms with E-state index < -0.39 is 23.7 Å². The summed E-state index contributed by atoms with van der Waals surface area (Å²) in [5.41, 5.74) is 0.774. The molecule has 1 heterocycles. The minimum Gasteiger partial charge on any atom is -0.497 e. The maximum absolute atomic E-state index is 13.4. The lowest BCUT2D eigenvalue weighted by molar-refractivity contribution is -0.146. The Labute approximate surface area is 234 Å². The Morgan fingerprint density at radius 3 is 2.13 bits per heavy atom. The van der Waals surface area contributed by atoms with E-state index in [4.69, 9.17) is 32.7 Å². The van der Waals surface area contributed by atoms with Crippen LogP contribution in [0.5, 0.6) is 11.5 Å². The van der Waals surface area contributed by atoms with E-state index in [1.54, 1.807) is 43.5 Å². The molecule has 0 spiro atoms. The number of aliphatic carboxylic acids is 1. The van der Waals surface area contributed by atoms with Crippen LogP contribution in [0.2, 0.25) is 10.0 Å². The summed E-state index contributed by atoms with van der Waals surface area (Å²) >= 11 is 12.5. The highest BCUT2D eigenvalue weighted by Crippen LogP contribution is 2.52. The molecule has 38 heavy (non-hydrogen) atoms. The van der Waals surface area contributed by atoms with Gasteiger partial charge in [0.2, 0.25) is 0 Å². The molecule has 1 fully saturated rings. The van der Waals surface area contributed by atoms with Gasteiger partial charge in [0.1, 0.15) is 11.5 Å². The molecule has 202 valence electrons. The molecule has 0 aliphatic carbocycles. The summed E-state index contributed by atoms with van der Waals surface area (Å²) in [4.78, 5) is 15.6. The van der Waals surface area contributed by atoms with Gasteiger partial charge >= 0.3 is 5.97 Å². The van der Waals surface area contributed by atoms with Crippen molar-refractivity contribution in [3.8, 4) is 11.5 Å². The molecule has 3 atom stereocenters. The fraction of sp³-hybridized carbons (Fsp3) is 0.367. The standard InChI is InChI=1S/C30H34Cl2N2O4/c1-18(2)17-34-27(20-6-10-22(31)11-7-20)30(29(35)36,21-8-12-23(32)13-9-21)33-28(34)25-15-14-24(37-5)16-26(25)38-19(3)4/h6-16,18-19,27-28,33H,17H2,1-5H3,(H,35,36). The Hall–Kier alpha value is -2.77. The summed E-state index contributed by atoms with van der Waals surface area (Å²) in [6.45, 7) is 8.80. The largest absolute Gasteiger partial charge is 0.497 e. The second kappa shape index (κ2) is 11.5. The van der Waals surface area contributed by atoms with E-state index >= 15 is 0 Å². The average molecular weight is 558 g/mol. The number of hydrogen-bond donors (Lipinski definition) is 2. The number of carboxylic acid groups (broad SMARTS) is 1. The van der Waals surface area contributed by atoms with Crippen LogP contribution in [0.15, 0.2) is 66.7 Å². The molecule has 3 aromatic carbocycles. The van der Waals surface area contributed by atoms with Gasteiger partial charge in [0.25, 0.3) is 0 Å². The number of carboxylic acids is 1. The van der Waals surface area contributed by atoms with Crippen molar-refractivity contribution in [2.45, 2.75) is 51.5 Å². The lowest BCUT2D eigenvalue weighted by Crippen LogP contribution is -2.49. The van der Waals surface area contributed by atoms with Gasteiger partial charge in [-0.3, -0.25) is 10.2 Å². The monoisotopic (exact) mass is 556 g/mol. The molecule has 8 heteroatoms. The number of nitrogens with zero attached hydrogens (tertiary/aromatic N) is 1. The number of benzene rings is 3. The molecule has 3 unspecified atom stereocenters. The normalized spacial score (nSPS) is 21.7. The molecule has 0 bridgehead atoms. The van der Waals surface area contributed by atoms with Crippen molar-refractivity contribution >= 4 is 29.2 Å². The zero-order chi connectivity index (χ0) is 27.6. The van der Waals surface area contributed by atoms with Crippen LogP contribution in [0.25, 0.3) is 0 Å². The van der Waals surface area contributed by atoms with Crippen LogP contribution >= 0.6 is 23.2 Å². The van der Waals surface area contributed by atoms with Crippen molar-refractivity contribution in [2.24, 2.45) is 5.92 Å². The molecule has 1 aliphatic rings. The van der Waals surface area contributed by atoms with Gasteiger partial charge in [0.15, 0.2) is 5.54 Å². The zero-order valence-electron chi connectivity index (χ0n) is 22.2. The molecule has 0 aromatic heterocycles. The van der Waals surface area contributed by atoms with Gasteiger partial charge < -0.3 is 14.6 Å². The zero-order valence-corrected chi connectivity index (χ0v) is 23.8. The lowest BCUT2D eigenvalue weighted by Gasteiger charge is -2.36. The molecule has 4 rings (SSSR count). The topological polar surface area (TPSA) is 71.0 Å². The molecular weight excluding hydrogens is 523 g/mol. The Balaban J connectivity index is 2.00. The van der Waals surface area contributed by atoms with E-state index in [-0.39, 0.29) is 12.0 Å². The number of hydrogen-bond acceptors (Lipinski definition) is 5. The minimum atomic E-state index is -1.49. The summed E-state index contributed by atoms with van der Waals surface area (Å²) in [5.74, 6) is 0.555. The first kappa shape index (κ1) is 28.2. The molecule has 0 saturated carbocycles. The van der Waals surface area contributed by atoms with Crippen LogP contribution in [0, 0.1) is 5.92 Å². The predicted octanol–water partition coefficient (Wildman–Crippen LogP) is 7.07. The minimum absolute atomic E-state index is 0.0895. The summed E-state index contributed by atoms with van der Waals surface area (Å²) in [6, 6.07) is 19.5. The Bertz CT molecular complexity index is 1260. The van der Waals surface area contributed by atoms with Gasteiger partial charge in [-0.1, -0.05) is 61.3 Å². The number of methoxy groups -OCH3 is 1. The smallest absolute Gasteiger partial charge is 0.330 e. The summed E-state index contributed by atoms with van der Waals surface area (Å²) < 4.78 is 11.7. The number of nitrogens with one attached hydrogen (secondary N) is 1. The summed E-state index contributed by atoms with van der Waals surface area (Å²) in [7, 11) is 1.61. The van der Waals surface area contributed by atoms with Crippen LogP contribution in [-0.2, 0) is 10.3 Å². The van der Waals surface area contributed by atoms with Crippen LogP contribution in [-0.4, -0.2) is 35.7 Å². The molecule has 2 N–H and O–H groups in total. The first-order chi connectivity index (χ1) is 18.1. The first-order valence-electron chi connectivity index (χ1n) is 12.7. The van der Waals surface area contributed by atoms with Crippen molar-refractivity contribution < 1.29 is 19.4 Å². The third kappa shape index (κ3) is 5.50. The van der Waals surface area contributed by atoms with Crippen LogP contribution < -0.4 is 14.8 Å². The fourth-order valence-corrected chi connectivity index (χ4v) is 5.48. The van der Waals surface area contributed by atoms with Gasteiger partial charge in [-0.2, -0.15) is 0 Å². The second-order valence-corrected chi connectivity index (χ2v) is 11.2. The quantitative estimate of drug-likeness (QED) is 0.293. The Morgan fingerprint density at radius 2 is 1.61 bits per heavy atom. The first-order valence-corrected chi connectivity index (χ1v) is 13.4. The maximum Gasteiger partial charge on any atom is 0.330 e. The van der Waals surface area contributed by atoms with Crippen molar-refractivity contribution in [3.05, 3.63) is 93.5 Å². The van der Waals surface area contributed by atoms with E-state index in [1.165, 1.54) is 0 Å². The highest BCUT2D eigenvalue weighted by atomic mass is 35.5. The number of ether oxygens (including phenoxy) is 2. The van der Waals surface area contributed by atoms with E-state index in [9.17, 15) is 9.90 Å². The lowest BCUT2D eigenvalue weighted by atomic mass is 9.80. The highest BCUT2D eigenvalue weighted by Gasteiger charge is 2.59. The number of rotatable bonds is 9.